The summed E-state index contributed by atoms with van der Waals surface area (Å²) in [4.78, 5) is 31.4. The first-order valence-corrected chi connectivity index (χ1v) is 10.5. The number of aromatic nitrogens is 2. The number of methoxy groups -OCH3 is 2. The topological polar surface area (TPSA) is 106 Å². The molecule has 2 aromatic carbocycles. The van der Waals surface area contributed by atoms with Gasteiger partial charge in [0, 0.05) is 28.4 Å². The van der Waals surface area contributed by atoms with Gasteiger partial charge in [0.2, 0.25) is 5.88 Å². The lowest BCUT2D eigenvalue weighted by Gasteiger charge is -2.12. The number of ether oxygens (including phenoxy) is 2. The van der Waals surface area contributed by atoms with Crippen LogP contribution < -0.4 is 20.7 Å². The molecule has 2 N–H and O–H groups in total. The van der Waals surface area contributed by atoms with E-state index in [1.165, 1.54) is 6.08 Å². The number of aromatic hydroxyl groups is 1. The number of halogens is 1. The monoisotopic (exact) mass is 497 g/mol. The molecule has 1 aliphatic heterocycles. The summed E-state index contributed by atoms with van der Waals surface area (Å²) in [5, 5.41) is 10.8. The van der Waals surface area contributed by atoms with Gasteiger partial charge in [0.05, 0.1) is 19.9 Å². The van der Waals surface area contributed by atoms with Gasteiger partial charge < -0.3 is 14.6 Å². The molecule has 0 saturated carbocycles. The highest BCUT2D eigenvalue weighted by Crippen LogP contribution is 2.35. The van der Waals surface area contributed by atoms with Crippen LogP contribution in [0, 0.1) is 0 Å². The summed E-state index contributed by atoms with van der Waals surface area (Å²) < 4.78 is 12.5. The number of nitrogens with zero attached hydrogens (tertiary/aromatic N) is 2. The molecule has 0 atom stereocenters. The van der Waals surface area contributed by atoms with Gasteiger partial charge in [-0.2, -0.15) is 0 Å². The Bertz CT molecular complexity index is 1370. The van der Waals surface area contributed by atoms with Gasteiger partial charge >= 0.3 is 5.69 Å². The van der Waals surface area contributed by atoms with Crippen molar-refractivity contribution in [3.8, 4) is 17.4 Å². The van der Waals surface area contributed by atoms with Crippen molar-refractivity contribution in [3.63, 3.8) is 0 Å². The summed E-state index contributed by atoms with van der Waals surface area (Å²) in [7, 11) is 3.10. The van der Waals surface area contributed by atoms with Crippen molar-refractivity contribution in [3.05, 3.63) is 78.4 Å². The van der Waals surface area contributed by atoms with Crippen molar-refractivity contribution in [2.45, 2.75) is 13.0 Å². The molecule has 0 spiro atoms. The SMILES string of the molecule is COc1ccc(CCn2c(O)c(/C=C3\C=Nc4ccc(Br)cc43)c(=O)[nH]c2=O)cc1OC. The van der Waals surface area contributed by atoms with Crippen LogP contribution in [-0.4, -0.2) is 35.1 Å². The number of aromatic amines is 1. The molecule has 9 heteroatoms. The van der Waals surface area contributed by atoms with Crippen molar-refractivity contribution in [1.82, 2.24) is 9.55 Å². The highest BCUT2D eigenvalue weighted by Gasteiger charge is 2.17. The lowest BCUT2D eigenvalue weighted by molar-refractivity contribution is 0.354. The molecule has 1 aliphatic rings. The number of H-pyrrole nitrogens is 1. The Kier molecular flexibility index (Phi) is 6.00. The van der Waals surface area contributed by atoms with Gasteiger partial charge in [0.1, 0.15) is 5.56 Å². The Balaban J connectivity index is 1.67. The van der Waals surface area contributed by atoms with Crippen molar-refractivity contribution in [2.75, 3.05) is 14.2 Å². The quantitative estimate of drug-likeness (QED) is 0.541. The van der Waals surface area contributed by atoms with Gasteiger partial charge in [-0.05, 0) is 48.4 Å². The number of rotatable bonds is 6. The first-order chi connectivity index (χ1) is 15.4. The molecular weight excluding hydrogens is 478 g/mol. The van der Waals surface area contributed by atoms with Crippen LogP contribution >= 0.6 is 15.9 Å². The van der Waals surface area contributed by atoms with E-state index in [1.807, 2.05) is 24.3 Å². The fourth-order valence-electron chi connectivity index (χ4n) is 3.52. The van der Waals surface area contributed by atoms with E-state index in [9.17, 15) is 14.7 Å². The molecular formula is C23H20BrN3O5. The number of aryl methyl sites for hydroxylation is 1. The average molecular weight is 498 g/mol. The zero-order valence-corrected chi connectivity index (χ0v) is 19.0. The second kappa shape index (κ2) is 8.88. The van der Waals surface area contributed by atoms with Crippen LogP contribution in [0.15, 0.2) is 55.5 Å². The first kappa shape index (κ1) is 21.6. The molecule has 0 amide bonds. The smallest absolute Gasteiger partial charge is 0.331 e. The van der Waals surface area contributed by atoms with E-state index in [0.717, 1.165) is 25.9 Å². The van der Waals surface area contributed by atoms with Gasteiger partial charge in [-0.1, -0.05) is 22.0 Å². The van der Waals surface area contributed by atoms with Crippen LogP contribution in [0.1, 0.15) is 16.7 Å². The third-order valence-corrected chi connectivity index (χ3v) is 5.68. The molecule has 3 aromatic rings. The van der Waals surface area contributed by atoms with E-state index in [4.69, 9.17) is 9.47 Å². The van der Waals surface area contributed by atoms with Crippen molar-refractivity contribution in [2.24, 2.45) is 4.99 Å². The van der Waals surface area contributed by atoms with E-state index in [2.05, 4.69) is 25.9 Å². The number of aliphatic imine (C=N–C) groups is 1. The third kappa shape index (κ3) is 4.11. The molecule has 1 aromatic heterocycles. The fourth-order valence-corrected chi connectivity index (χ4v) is 3.88. The maximum Gasteiger partial charge on any atom is 0.331 e. The van der Waals surface area contributed by atoms with Crippen LogP contribution in [0.3, 0.4) is 0 Å². The van der Waals surface area contributed by atoms with Crippen LogP contribution in [-0.2, 0) is 13.0 Å². The molecule has 0 aliphatic carbocycles. The number of hydrogen-bond acceptors (Lipinski definition) is 6. The minimum absolute atomic E-state index is 0.00816. The minimum atomic E-state index is -0.682. The molecule has 2 heterocycles. The molecule has 4 rings (SSSR count). The van der Waals surface area contributed by atoms with E-state index < -0.39 is 17.1 Å². The molecule has 32 heavy (non-hydrogen) atoms. The standard InChI is InChI=1S/C23H20BrN3O5/c1-31-19-6-3-13(9-20(19)32-2)7-8-27-22(29)17(21(28)26-23(27)30)10-14-12-25-18-5-4-15(24)11-16(14)18/h3-6,9-12,29H,7-8H2,1-2H3,(H,26,28,30)/b14-10+. The second-order valence-corrected chi connectivity index (χ2v) is 8.02. The number of nitrogens with one attached hydrogen (secondary N) is 1. The number of allylic oxidation sites excluding steroid dienone is 1. The van der Waals surface area contributed by atoms with E-state index in [1.54, 1.807) is 32.6 Å². The normalized spacial score (nSPS) is 13.4. The predicted octanol–water partition coefficient (Wildman–Crippen LogP) is 3.52. The fraction of sp³-hybridized carbons (Fsp3) is 0.174. The van der Waals surface area contributed by atoms with E-state index in [-0.39, 0.29) is 12.1 Å². The zero-order valence-electron chi connectivity index (χ0n) is 17.4. The Morgan fingerprint density at radius 3 is 2.66 bits per heavy atom. The summed E-state index contributed by atoms with van der Waals surface area (Å²) in [6, 6.07) is 11.0. The number of hydrogen-bond donors (Lipinski definition) is 2. The lowest BCUT2D eigenvalue weighted by Crippen LogP contribution is -2.32. The molecule has 0 fully saturated rings. The second-order valence-electron chi connectivity index (χ2n) is 7.11. The average Bonchev–Trinajstić information content (AvgIpc) is 3.17. The summed E-state index contributed by atoms with van der Waals surface area (Å²) in [6.07, 6.45) is 3.57. The van der Waals surface area contributed by atoms with E-state index >= 15 is 0 Å². The van der Waals surface area contributed by atoms with E-state index in [0.29, 0.717) is 23.5 Å². The highest BCUT2D eigenvalue weighted by molar-refractivity contribution is 9.10. The molecule has 0 bridgehead atoms. The maximum absolute atomic E-state index is 12.5. The molecule has 0 radical (unpaired) electrons. The third-order valence-electron chi connectivity index (χ3n) is 5.19. The van der Waals surface area contributed by atoms with Gasteiger partial charge in [-0.25, -0.2) is 4.79 Å². The Morgan fingerprint density at radius 2 is 1.91 bits per heavy atom. The predicted molar refractivity (Wildman–Crippen MR) is 126 cm³/mol. The van der Waals surface area contributed by atoms with Gasteiger partial charge in [0.15, 0.2) is 11.5 Å². The van der Waals surface area contributed by atoms with Crippen molar-refractivity contribution in [1.29, 1.82) is 0 Å². The van der Waals surface area contributed by atoms with Crippen molar-refractivity contribution < 1.29 is 14.6 Å². The van der Waals surface area contributed by atoms with Gasteiger partial charge in [0.25, 0.3) is 5.56 Å². The largest absolute Gasteiger partial charge is 0.494 e. The van der Waals surface area contributed by atoms with Gasteiger partial charge in [-0.15, -0.1) is 0 Å². The molecule has 0 saturated heterocycles. The van der Waals surface area contributed by atoms with Crippen LogP contribution in [0.25, 0.3) is 11.6 Å². The summed E-state index contributed by atoms with van der Waals surface area (Å²) in [5.41, 5.74) is 1.76. The first-order valence-electron chi connectivity index (χ1n) is 9.74. The maximum atomic E-state index is 12.5. The Labute approximate surface area is 191 Å². The number of fused-ring (bicyclic) bond motifs is 1. The lowest BCUT2D eigenvalue weighted by atomic mass is 10.1. The summed E-state index contributed by atoms with van der Waals surface area (Å²) in [5.74, 6) is 0.766. The highest BCUT2D eigenvalue weighted by atomic mass is 79.9. The molecule has 164 valence electrons. The van der Waals surface area contributed by atoms with Crippen molar-refractivity contribution >= 4 is 39.5 Å². The minimum Gasteiger partial charge on any atom is -0.494 e. The zero-order chi connectivity index (χ0) is 22.8. The molecule has 0 unspecified atom stereocenters. The van der Waals surface area contributed by atoms with Gasteiger partial charge in [-0.3, -0.25) is 19.3 Å². The number of benzene rings is 2. The summed E-state index contributed by atoms with van der Waals surface area (Å²) >= 11 is 3.43. The van der Waals surface area contributed by atoms with Crippen LogP contribution in [0.4, 0.5) is 5.69 Å². The summed E-state index contributed by atoms with van der Waals surface area (Å²) in [6.45, 7) is 0.156. The van der Waals surface area contributed by atoms with Crippen LogP contribution in [0.2, 0.25) is 0 Å². The Morgan fingerprint density at radius 1 is 1.12 bits per heavy atom. The molecule has 8 nitrogen and oxygen atoms in total. The van der Waals surface area contributed by atoms with Crippen LogP contribution in [0.5, 0.6) is 17.4 Å². The Hall–Kier alpha value is -3.59.